The van der Waals surface area contributed by atoms with Crippen LogP contribution >= 0.6 is 11.6 Å². The smallest absolute Gasteiger partial charge is 0.414 e. The number of benzene rings is 1. The average molecular weight is 420 g/mol. The molecule has 0 saturated heterocycles. The van der Waals surface area contributed by atoms with Crippen molar-refractivity contribution in [3.05, 3.63) is 34.4 Å². The first kappa shape index (κ1) is 23.6. The number of carbonyl (C=O) groups excluding carboxylic acids is 2. The Hall–Kier alpha value is -2.42. The summed E-state index contributed by atoms with van der Waals surface area (Å²) in [4.78, 5) is 27.8. The van der Waals surface area contributed by atoms with Crippen molar-refractivity contribution in [2.45, 2.75) is 59.3 Å². The molecule has 0 aliphatic rings. The van der Waals surface area contributed by atoms with E-state index in [-0.39, 0.29) is 5.02 Å². The molecule has 0 aliphatic heterocycles. The number of alkyl carbamates (subject to hydrolysis) is 2. The van der Waals surface area contributed by atoms with Crippen LogP contribution in [-0.4, -0.2) is 29.3 Å². The number of nitrogens with zero attached hydrogens (tertiary/aromatic N) is 1. The number of hydrogen-bond acceptors (Lipinski definition) is 5. The maximum absolute atomic E-state index is 14.0. The van der Waals surface area contributed by atoms with Crippen molar-refractivity contribution in [3.8, 4) is 0 Å². The molecule has 0 unspecified atom stereocenters. The van der Waals surface area contributed by atoms with Gasteiger partial charge < -0.3 is 9.47 Å². The van der Waals surface area contributed by atoms with Gasteiger partial charge in [-0.2, -0.15) is 0 Å². The zero-order chi connectivity index (χ0) is 21.7. The van der Waals surface area contributed by atoms with Gasteiger partial charge in [0.2, 0.25) is 5.96 Å². The molecule has 0 spiro atoms. The molecule has 0 aliphatic carbocycles. The summed E-state index contributed by atoms with van der Waals surface area (Å²) in [6.07, 6.45) is -1.84. The SMILES string of the molecule is CC(C)(C)OC(=O)NC(=NCc1c(F)ccc(Cl)c1F)NC(=O)OC(C)(C)C. The van der Waals surface area contributed by atoms with E-state index in [0.29, 0.717) is 0 Å². The van der Waals surface area contributed by atoms with E-state index < -0.39 is 53.1 Å². The second-order valence-corrected chi connectivity index (χ2v) is 8.15. The lowest BCUT2D eigenvalue weighted by Crippen LogP contribution is -2.47. The molecule has 28 heavy (non-hydrogen) atoms. The van der Waals surface area contributed by atoms with Crippen molar-refractivity contribution in [3.63, 3.8) is 0 Å². The summed E-state index contributed by atoms with van der Waals surface area (Å²) in [7, 11) is 0. The highest BCUT2D eigenvalue weighted by Gasteiger charge is 2.21. The summed E-state index contributed by atoms with van der Waals surface area (Å²) < 4.78 is 38.0. The van der Waals surface area contributed by atoms with Crippen LogP contribution in [0.25, 0.3) is 0 Å². The van der Waals surface area contributed by atoms with Crippen molar-refractivity contribution in [2.75, 3.05) is 0 Å². The average Bonchev–Trinajstić information content (AvgIpc) is 2.47. The predicted molar refractivity (Wildman–Crippen MR) is 101 cm³/mol. The molecular formula is C18H24ClF2N3O4. The van der Waals surface area contributed by atoms with Crippen molar-refractivity contribution in [1.82, 2.24) is 10.6 Å². The zero-order valence-corrected chi connectivity index (χ0v) is 17.3. The fourth-order valence-electron chi connectivity index (χ4n) is 1.78. The molecular weight excluding hydrogens is 396 g/mol. The van der Waals surface area contributed by atoms with Gasteiger partial charge in [-0.1, -0.05) is 11.6 Å². The fourth-order valence-corrected chi connectivity index (χ4v) is 1.96. The van der Waals surface area contributed by atoms with E-state index in [4.69, 9.17) is 21.1 Å². The number of carbonyl (C=O) groups is 2. The lowest BCUT2D eigenvalue weighted by atomic mass is 10.2. The summed E-state index contributed by atoms with van der Waals surface area (Å²) in [6.45, 7) is 9.30. The Morgan fingerprint density at radius 3 is 1.89 bits per heavy atom. The van der Waals surface area contributed by atoms with Crippen LogP contribution < -0.4 is 10.6 Å². The Labute approximate surface area is 167 Å². The maximum Gasteiger partial charge on any atom is 0.414 e. The van der Waals surface area contributed by atoms with E-state index in [9.17, 15) is 18.4 Å². The van der Waals surface area contributed by atoms with Crippen molar-refractivity contribution >= 4 is 29.7 Å². The molecule has 1 aromatic carbocycles. The number of ether oxygens (including phenoxy) is 2. The molecule has 156 valence electrons. The fraction of sp³-hybridized carbons (Fsp3) is 0.500. The Balaban J connectivity index is 3.05. The van der Waals surface area contributed by atoms with Crippen LogP contribution in [0.1, 0.15) is 47.1 Å². The third-order valence-corrected chi connectivity index (χ3v) is 3.06. The van der Waals surface area contributed by atoms with E-state index in [1.54, 1.807) is 41.5 Å². The van der Waals surface area contributed by atoms with Gasteiger partial charge in [-0.25, -0.2) is 23.4 Å². The van der Waals surface area contributed by atoms with Crippen molar-refractivity contribution in [1.29, 1.82) is 0 Å². The molecule has 0 aromatic heterocycles. The van der Waals surface area contributed by atoms with E-state index >= 15 is 0 Å². The number of nitrogens with one attached hydrogen (secondary N) is 2. The molecule has 1 rings (SSSR count). The topological polar surface area (TPSA) is 89.0 Å². The van der Waals surface area contributed by atoms with Crippen LogP contribution in [0.15, 0.2) is 17.1 Å². The molecule has 0 saturated carbocycles. The minimum Gasteiger partial charge on any atom is -0.444 e. The monoisotopic (exact) mass is 419 g/mol. The summed E-state index contributed by atoms with van der Waals surface area (Å²) >= 11 is 5.65. The van der Waals surface area contributed by atoms with Crippen LogP contribution in [0.3, 0.4) is 0 Å². The van der Waals surface area contributed by atoms with E-state index in [1.165, 1.54) is 0 Å². The lowest BCUT2D eigenvalue weighted by Gasteiger charge is -2.22. The number of guanidine groups is 1. The molecule has 2 N–H and O–H groups in total. The Bertz CT molecular complexity index is 739. The normalized spacial score (nSPS) is 11.5. The minimum absolute atomic E-state index is 0.284. The Morgan fingerprint density at radius 1 is 1.00 bits per heavy atom. The third-order valence-electron chi connectivity index (χ3n) is 2.77. The first-order valence-electron chi connectivity index (χ1n) is 8.35. The summed E-state index contributed by atoms with van der Waals surface area (Å²) in [5.41, 5.74) is -2.06. The largest absolute Gasteiger partial charge is 0.444 e. The van der Waals surface area contributed by atoms with Gasteiger partial charge in [0.25, 0.3) is 0 Å². The van der Waals surface area contributed by atoms with E-state index in [1.807, 2.05) is 0 Å². The highest BCUT2D eigenvalue weighted by atomic mass is 35.5. The molecule has 0 heterocycles. The molecule has 10 heteroatoms. The zero-order valence-electron chi connectivity index (χ0n) is 16.6. The molecule has 0 radical (unpaired) electrons. The third kappa shape index (κ3) is 8.51. The maximum atomic E-state index is 14.0. The molecule has 0 bridgehead atoms. The molecule has 1 aromatic rings. The van der Waals surface area contributed by atoms with Gasteiger partial charge in [0, 0.05) is 5.56 Å². The minimum atomic E-state index is -0.987. The van der Waals surface area contributed by atoms with Crippen LogP contribution in [0, 0.1) is 11.6 Å². The van der Waals surface area contributed by atoms with Crippen LogP contribution in [0.2, 0.25) is 5.02 Å². The number of hydrogen-bond donors (Lipinski definition) is 2. The van der Waals surface area contributed by atoms with Crippen LogP contribution in [0.5, 0.6) is 0 Å². The predicted octanol–water partition coefficient (Wildman–Crippen LogP) is 4.52. The van der Waals surface area contributed by atoms with Gasteiger partial charge >= 0.3 is 12.2 Å². The standard InChI is InChI=1S/C18H24ClF2N3O4/c1-17(2,3)27-15(25)23-14(24-16(26)28-18(4,5)6)22-9-10-12(20)8-7-11(19)13(10)21/h7-8H,9H2,1-6H3,(H2,22,23,24,25,26). The highest BCUT2D eigenvalue weighted by molar-refractivity contribution is 6.30. The van der Waals surface area contributed by atoms with Crippen molar-refractivity contribution < 1.29 is 27.8 Å². The quantitative estimate of drug-likeness (QED) is 0.419. The number of amides is 2. The van der Waals surface area contributed by atoms with Gasteiger partial charge in [0.15, 0.2) is 0 Å². The second kappa shape index (κ2) is 9.18. The van der Waals surface area contributed by atoms with Gasteiger partial charge in [-0.15, -0.1) is 0 Å². The highest BCUT2D eigenvalue weighted by Crippen LogP contribution is 2.21. The number of aliphatic imine (C=N–C) groups is 1. The van der Waals surface area contributed by atoms with Gasteiger partial charge in [0.1, 0.15) is 22.8 Å². The van der Waals surface area contributed by atoms with Crippen molar-refractivity contribution in [2.24, 2.45) is 4.99 Å². The second-order valence-electron chi connectivity index (χ2n) is 7.74. The lowest BCUT2D eigenvalue weighted by molar-refractivity contribution is 0.0545. The summed E-state index contributed by atoms with van der Waals surface area (Å²) in [5.74, 6) is -2.26. The Kier molecular flexibility index (Phi) is 7.75. The first-order chi connectivity index (χ1) is 12.7. The molecule has 0 atom stereocenters. The molecule has 7 nitrogen and oxygen atoms in total. The molecule has 2 amide bonds. The number of rotatable bonds is 2. The van der Waals surface area contributed by atoms with Crippen LogP contribution in [-0.2, 0) is 16.0 Å². The van der Waals surface area contributed by atoms with E-state index in [0.717, 1.165) is 12.1 Å². The summed E-state index contributed by atoms with van der Waals surface area (Å²) in [6, 6.07) is 2.05. The van der Waals surface area contributed by atoms with E-state index in [2.05, 4.69) is 15.6 Å². The summed E-state index contributed by atoms with van der Waals surface area (Å²) in [5, 5.41) is 4.14. The van der Waals surface area contributed by atoms with Gasteiger partial charge in [0.05, 0.1) is 11.6 Å². The first-order valence-corrected chi connectivity index (χ1v) is 8.72. The van der Waals surface area contributed by atoms with Gasteiger partial charge in [-0.05, 0) is 53.7 Å². The van der Waals surface area contributed by atoms with Crippen LogP contribution in [0.4, 0.5) is 18.4 Å². The van der Waals surface area contributed by atoms with Gasteiger partial charge in [-0.3, -0.25) is 10.6 Å². The molecule has 0 fully saturated rings. The Morgan fingerprint density at radius 2 is 1.46 bits per heavy atom. The number of halogens is 3.